The maximum Gasteiger partial charge on any atom is 0.410 e. The zero-order chi connectivity index (χ0) is 15.7. The molecule has 1 saturated heterocycles. The summed E-state index contributed by atoms with van der Waals surface area (Å²) in [7, 11) is 0. The van der Waals surface area contributed by atoms with Crippen LogP contribution in [0.3, 0.4) is 0 Å². The molecule has 4 nitrogen and oxygen atoms in total. The number of ether oxygens (including phenoxy) is 1. The minimum atomic E-state index is -0.487. The molecule has 0 saturated carbocycles. The van der Waals surface area contributed by atoms with E-state index in [9.17, 15) is 10.1 Å². The van der Waals surface area contributed by atoms with Gasteiger partial charge in [0, 0.05) is 18.0 Å². The van der Waals surface area contributed by atoms with E-state index in [-0.39, 0.29) is 6.09 Å². The molecular weight excluding hydrogens is 352 g/mol. The van der Waals surface area contributed by atoms with Gasteiger partial charge in [-0.05, 0) is 61.7 Å². The summed E-state index contributed by atoms with van der Waals surface area (Å²) in [6.07, 6.45) is 1.01. The lowest BCUT2D eigenvalue weighted by Gasteiger charge is -2.37. The molecule has 0 radical (unpaired) electrons. The van der Waals surface area contributed by atoms with E-state index in [1.165, 1.54) is 0 Å². The highest BCUT2D eigenvalue weighted by molar-refractivity contribution is 9.11. The van der Waals surface area contributed by atoms with Crippen molar-refractivity contribution in [1.82, 2.24) is 4.90 Å². The number of thiophene rings is 1. The minimum Gasteiger partial charge on any atom is -0.444 e. The number of amides is 1. The average molecular weight is 371 g/mol. The van der Waals surface area contributed by atoms with Crippen molar-refractivity contribution in [2.75, 3.05) is 13.1 Å². The predicted molar refractivity (Wildman–Crippen MR) is 86.4 cm³/mol. The average Bonchev–Trinajstić information content (AvgIpc) is 2.84. The highest BCUT2D eigenvalue weighted by Gasteiger charge is 2.39. The Bertz CT molecular complexity index is 563. The third-order valence-corrected chi connectivity index (χ3v) is 5.36. The maximum absolute atomic E-state index is 12.1. The van der Waals surface area contributed by atoms with Gasteiger partial charge in [0.2, 0.25) is 0 Å². The Kier molecular flexibility index (Phi) is 4.64. The number of hydrogen-bond donors (Lipinski definition) is 0. The SMILES string of the molecule is CC(C)(C)OC(=O)N1CCC(C#N)(c2ccc(Br)s2)CC1. The Morgan fingerprint density at radius 2 is 2.05 bits per heavy atom. The Balaban J connectivity index is 2.05. The molecule has 1 fully saturated rings. The lowest BCUT2D eigenvalue weighted by atomic mass is 9.78. The van der Waals surface area contributed by atoms with Gasteiger partial charge in [-0.3, -0.25) is 0 Å². The first-order chi connectivity index (χ1) is 9.76. The predicted octanol–water partition coefficient (Wildman–Crippen LogP) is 4.30. The quantitative estimate of drug-likeness (QED) is 0.740. The number of carbonyl (C=O) groups excluding carboxylic acids is 1. The van der Waals surface area contributed by atoms with E-state index in [1.807, 2.05) is 32.9 Å². The topological polar surface area (TPSA) is 53.3 Å². The van der Waals surface area contributed by atoms with Gasteiger partial charge in [0.25, 0.3) is 0 Å². The van der Waals surface area contributed by atoms with Gasteiger partial charge in [-0.25, -0.2) is 4.79 Å². The summed E-state index contributed by atoms with van der Waals surface area (Å²) in [5.41, 5.74) is -0.964. The largest absolute Gasteiger partial charge is 0.444 e. The number of hydrogen-bond acceptors (Lipinski definition) is 4. The summed E-state index contributed by atoms with van der Waals surface area (Å²) in [5.74, 6) is 0. The van der Waals surface area contributed by atoms with Crippen molar-refractivity contribution in [3.8, 4) is 6.07 Å². The van der Waals surface area contributed by atoms with Crippen molar-refractivity contribution in [1.29, 1.82) is 5.26 Å². The van der Waals surface area contributed by atoms with Crippen LogP contribution in [0, 0.1) is 11.3 Å². The van der Waals surface area contributed by atoms with Crippen molar-refractivity contribution in [3.05, 3.63) is 20.8 Å². The van der Waals surface area contributed by atoms with E-state index >= 15 is 0 Å². The van der Waals surface area contributed by atoms with Crippen LogP contribution in [0.2, 0.25) is 0 Å². The van der Waals surface area contributed by atoms with Crippen LogP contribution in [0.25, 0.3) is 0 Å². The fourth-order valence-corrected chi connectivity index (χ4v) is 3.97. The number of piperidine rings is 1. The fraction of sp³-hybridized carbons (Fsp3) is 0.600. The van der Waals surface area contributed by atoms with Crippen LogP contribution in [0.5, 0.6) is 0 Å². The van der Waals surface area contributed by atoms with Crippen molar-refractivity contribution in [2.24, 2.45) is 0 Å². The van der Waals surface area contributed by atoms with Crippen LogP contribution in [0.15, 0.2) is 15.9 Å². The van der Waals surface area contributed by atoms with Crippen LogP contribution in [0.1, 0.15) is 38.5 Å². The summed E-state index contributed by atoms with van der Waals surface area (Å²) in [5, 5.41) is 9.62. The number of carbonyl (C=O) groups is 1. The molecule has 0 aromatic carbocycles. The highest BCUT2D eigenvalue weighted by atomic mass is 79.9. The lowest BCUT2D eigenvalue weighted by Crippen LogP contribution is -2.46. The number of nitriles is 1. The fourth-order valence-electron chi connectivity index (χ4n) is 2.38. The van der Waals surface area contributed by atoms with E-state index < -0.39 is 11.0 Å². The molecule has 1 aromatic heterocycles. The zero-order valence-electron chi connectivity index (χ0n) is 12.5. The second-order valence-electron chi connectivity index (χ2n) is 6.27. The van der Waals surface area contributed by atoms with Gasteiger partial charge in [0.15, 0.2) is 0 Å². The van der Waals surface area contributed by atoms with Crippen molar-refractivity contribution < 1.29 is 9.53 Å². The van der Waals surface area contributed by atoms with Crippen LogP contribution in [-0.2, 0) is 10.2 Å². The summed E-state index contributed by atoms with van der Waals surface area (Å²) in [6.45, 7) is 6.68. The summed E-state index contributed by atoms with van der Waals surface area (Å²) in [4.78, 5) is 14.8. The van der Waals surface area contributed by atoms with Gasteiger partial charge in [-0.1, -0.05) is 0 Å². The number of likely N-dealkylation sites (tertiary alicyclic amines) is 1. The first kappa shape index (κ1) is 16.3. The second kappa shape index (κ2) is 5.98. The molecular formula is C15H19BrN2O2S. The van der Waals surface area contributed by atoms with Gasteiger partial charge in [0.05, 0.1) is 15.3 Å². The molecule has 114 valence electrons. The van der Waals surface area contributed by atoms with Crippen LogP contribution < -0.4 is 0 Å². The molecule has 0 bridgehead atoms. The third-order valence-electron chi connectivity index (χ3n) is 3.53. The first-order valence-corrected chi connectivity index (χ1v) is 8.52. The van der Waals surface area contributed by atoms with Crippen LogP contribution in [-0.4, -0.2) is 29.7 Å². The number of rotatable bonds is 1. The molecule has 2 heterocycles. The summed E-state index contributed by atoms with van der Waals surface area (Å²) in [6, 6.07) is 6.44. The van der Waals surface area contributed by atoms with Crippen LogP contribution >= 0.6 is 27.3 Å². The normalized spacial score (nSPS) is 18.1. The van der Waals surface area contributed by atoms with Crippen molar-refractivity contribution in [3.63, 3.8) is 0 Å². The lowest BCUT2D eigenvalue weighted by molar-refractivity contribution is 0.0186. The molecule has 6 heteroatoms. The third kappa shape index (κ3) is 3.78. The monoisotopic (exact) mass is 370 g/mol. The Morgan fingerprint density at radius 1 is 1.43 bits per heavy atom. The smallest absolute Gasteiger partial charge is 0.410 e. The second-order valence-corrected chi connectivity index (χ2v) is 8.73. The molecule has 1 aliphatic heterocycles. The number of halogens is 1. The molecule has 0 unspecified atom stereocenters. The zero-order valence-corrected chi connectivity index (χ0v) is 14.9. The van der Waals surface area contributed by atoms with E-state index in [2.05, 4.69) is 22.0 Å². The van der Waals surface area contributed by atoms with Gasteiger partial charge in [0.1, 0.15) is 5.60 Å². The molecule has 21 heavy (non-hydrogen) atoms. The van der Waals surface area contributed by atoms with Gasteiger partial charge < -0.3 is 9.64 Å². The van der Waals surface area contributed by atoms with Crippen molar-refractivity contribution in [2.45, 2.75) is 44.6 Å². The van der Waals surface area contributed by atoms with Crippen molar-refractivity contribution >= 4 is 33.4 Å². The maximum atomic E-state index is 12.1. The minimum absolute atomic E-state index is 0.290. The molecule has 2 rings (SSSR count). The highest BCUT2D eigenvalue weighted by Crippen LogP contribution is 2.40. The first-order valence-electron chi connectivity index (χ1n) is 6.91. The molecule has 1 amide bonds. The van der Waals surface area contributed by atoms with E-state index in [0.29, 0.717) is 25.9 Å². The molecule has 0 aliphatic carbocycles. The summed E-state index contributed by atoms with van der Waals surface area (Å²) < 4.78 is 6.42. The summed E-state index contributed by atoms with van der Waals surface area (Å²) >= 11 is 5.04. The molecule has 0 N–H and O–H groups in total. The molecule has 0 atom stereocenters. The Hall–Kier alpha value is -1.06. The van der Waals surface area contributed by atoms with Crippen LogP contribution in [0.4, 0.5) is 4.79 Å². The molecule has 0 spiro atoms. The van der Waals surface area contributed by atoms with E-state index in [1.54, 1.807) is 16.2 Å². The molecule has 1 aliphatic rings. The standard InChI is InChI=1S/C15H19BrN2O2S/c1-14(2,3)20-13(19)18-8-6-15(10-17,7-9-18)11-4-5-12(16)21-11/h4-5H,6-9H2,1-3H3. The Morgan fingerprint density at radius 3 is 2.48 bits per heavy atom. The number of nitrogens with zero attached hydrogens (tertiary/aromatic N) is 2. The van der Waals surface area contributed by atoms with Gasteiger partial charge in [-0.2, -0.15) is 5.26 Å². The van der Waals surface area contributed by atoms with Gasteiger partial charge >= 0.3 is 6.09 Å². The van der Waals surface area contributed by atoms with E-state index in [4.69, 9.17) is 4.74 Å². The Labute approximate surface area is 137 Å². The van der Waals surface area contributed by atoms with E-state index in [0.717, 1.165) is 8.66 Å². The van der Waals surface area contributed by atoms with Gasteiger partial charge in [-0.15, -0.1) is 11.3 Å². The molecule has 1 aromatic rings.